The molecule has 4 rings (SSSR count). The third-order valence-corrected chi connectivity index (χ3v) is 3.82. The topological polar surface area (TPSA) is 98.7 Å². The van der Waals surface area contributed by atoms with E-state index in [1.165, 1.54) is 0 Å². The predicted octanol–water partition coefficient (Wildman–Crippen LogP) is 1.26. The van der Waals surface area contributed by atoms with Crippen molar-refractivity contribution in [1.82, 2.24) is 39.1 Å². The molecule has 0 atom stereocenters. The Balaban J connectivity index is 2.08. The van der Waals surface area contributed by atoms with Crippen molar-refractivity contribution in [3.8, 4) is 22.8 Å². The number of hydrogen-bond donors (Lipinski definition) is 1. The third kappa shape index (κ3) is 2.05. The lowest BCUT2D eigenvalue weighted by Gasteiger charge is -2.14. The van der Waals surface area contributed by atoms with Gasteiger partial charge in [0.05, 0.1) is 18.1 Å². The minimum Gasteiger partial charge on any atom is -0.285 e. The zero-order valence-corrected chi connectivity index (χ0v) is 13.5. The standard InChI is InChI=1S/C15H16N8O/c1-9(2)22-13(11-4-5-21(3)19-11)20-23-12(10-6-17-18-7-10)8-16-14(23)15(22)24/h4-9H,1-3H3,(H,17,18). The van der Waals surface area contributed by atoms with Gasteiger partial charge in [-0.05, 0) is 19.9 Å². The number of imidazole rings is 1. The molecule has 0 saturated carbocycles. The van der Waals surface area contributed by atoms with Gasteiger partial charge in [-0.25, -0.2) is 9.50 Å². The molecule has 0 amide bonds. The van der Waals surface area contributed by atoms with E-state index in [-0.39, 0.29) is 17.2 Å². The number of H-pyrrole nitrogens is 1. The Hall–Kier alpha value is -3.23. The Labute approximate surface area is 136 Å². The predicted molar refractivity (Wildman–Crippen MR) is 87.4 cm³/mol. The number of aromatic amines is 1. The summed E-state index contributed by atoms with van der Waals surface area (Å²) in [7, 11) is 1.83. The largest absolute Gasteiger partial charge is 0.297 e. The summed E-state index contributed by atoms with van der Waals surface area (Å²) in [5.74, 6) is 0.505. The Bertz CT molecular complexity index is 1070. The van der Waals surface area contributed by atoms with Crippen molar-refractivity contribution in [2.75, 3.05) is 0 Å². The maximum atomic E-state index is 12.9. The first kappa shape index (κ1) is 14.4. The van der Waals surface area contributed by atoms with E-state index in [0.717, 1.165) is 5.56 Å². The fourth-order valence-electron chi connectivity index (χ4n) is 2.72. The van der Waals surface area contributed by atoms with Gasteiger partial charge in [-0.1, -0.05) is 0 Å². The Morgan fingerprint density at radius 3 is 2.67 bits per heavy atom. The van der Waals surface area contributed by atoms with E-state index in [1.54, 1.807) is 32.4 Å². The Kier molecular flexibility index (Phi) is 3.08. The molecular formula is C15H16N8O. The van der Waals surface area contributed by atoms with Crippen LogP contribution in [0.2, 0.25) is 0 Å². The van der Waals surface area contributed by atoms with Crippen molar-refractivity contribution >= 4 is 5.65 Å². The van der Waals surface area contributed by atoms with E-state index in [0.29, 0.717) is 17.2 Å². The van der Waals surface area contributed by atoms with Crippen molar-refractivity contribution in [3.63, 3.8) is 0 Å². The minimum absolute atomic E-state index is 0.0684. The first-order chi connectivity index (χ1) is 11.6. The van der Waals surface area contributed by atoms with Crippen LogP contribution in [0.5, 0.6) is 0 Å². The monoisotopic (exact) mass is 324 g/mol. The summed E-state index contributed by atoms with van der Waals surface area (Å²) in [4.78, 5) is 17.2. The van der Waals surface area contributed by atoms with Crippen molar-refractivity contribution in [3.05, 3.63) is 41.2 Å². The summed E-state index contributed by atoms with van der Waals surface area (Å²) in [5, 5.41) is 15.8. The summed E-state index contributed by atoms with van der Waals surface area (Å²) < 4.78 is 4.85. The highest BCUT2D eigenvalue weighted by Gasteiger charge is 2.20. The summed E-state index contributed by atoms with van der Waals surface area (Å²) in [5.41, 5.74) is 2.22. The van der Waals surface area contributed by atoms with Crippen LogP contribution < -0.4 is 5.56 Å². The van der Waals surface area contributed by atoms with Gasteiger partial charge in [0, 0.05) is 31.0 Å². The summed E-state index contributed by atoms with van der Waals surface area (Å²) in [6, 6.07) is 1.77. The first-order valence-electron chi connectivity index (χ1n) is 7.55. The maximum Gasteiger partial charge on any atom is 0.297 e. The maximum absolute atomic E-state index is 12.9. The SMILES string of the molecule is CC(C)n1c(-c2ccn(C)n2)nn2c(-c3cn[nH]c3)cnc2c1=O. The molecule has 0 aliphatic carbocycles. The molecule has 0 aliphatic rings. The number of aryl methyl sites for hydroxylation is 1. The Morgan fingerprint density at radius 2 is 2.04 bits per heavy atom. The molecule has 0 fully saturated rings. The van der Waals surface area contributed by atoms with E-state index in [4.69, 9.17) is 0 Å². The van der Waals surface area contributed by atoms with E-state index in [1.807, 2.05) is 33.2 Å². The molecule has 4 aromatic rings. The molecule has 122 valence electrons. The van der Waals surface area contributed by atoms with Gasteiger partial charge in [-0.2, -0.15) is 10.2 Å². The van der Waals surface area contributed by atoms with Crippen LogP contribution in [0.3, 0.4) is 0 Å². The number of aromatic nitrogens is 8. The molecule has 9 heteroatoms. The lowest BCUT2D eigenvalue weighted by molar-refractivity contribution is 0.564. The molecule has 0 bridgehead atoms. The van der Waals surface area contributed by atoms with Crippen LogP contribution in [0.15, 0.2) is 35.6 Å². The number of fused-ring (bicyclic) bond motifs is 1. The summed E-state index contributed by atoms with van der Waals surface area (Å²) in [6.45, 7) is 3.87. The number of nitrogens with one attached hydrogen (secondary N) is 1. The van der Waals surface area contributed by atoms with Crippen LogP contribution in [0.25, 0.3) is 28.4 Å². The molecule has 0 aromatic carbocycles. The van der Waals surface area contributed by atoms with Crippen molar-refractivity contribution in [2.45, 2.75) is 19.9 Å². The van der Waals surface area contributed by atoms with Crippen LogP contribution in [0, 0.1) is 0 Å². The number of hydrogen-bond acceptors (Lipinski definition) is 5. The molecule has 0 spiro atoms. The van der Waals surface area contributed by atoms with Crippen LogP contribution in [0.1, 0.15) is 19.9 Å². The highest BCUT2D eigenvalue weighted by atomic mass is 16.1. The fraction of sp³-hybridized carbons (Fsp3) is 0.267. The van der Waals surface area contributed by atoms with Crippen LogP contribution in [0.4, 0.5) is 0 Å². The van der Waals surface area contributed by atoms with Crippen LogP contribution in [-0.4, -0.2) is 39.1 Å². The second-order valence-electron chi connectivity index (χ2n) is 5.83. The van der Waals surface area contributed by atoms with Gasteiger partial charge < -0.3 is 0 Å². The average Bonchev–Trinajstić information content (AvgIpc) is 3.25. The smallest absolute Gasteiger partial charge is 0.285 e. The number of nitrogens with zero attached hydrogens (tertiary/aromatic N) is 7. The van der Waals surface area contributed by atoms with Gasteiger partial charge in [-0.3, -0.25) is 19.1 Å². The molecule has 9 nitrogen and oxygen atoms in total. The quantitative estimate of drug-likeness (QED) is 0.612. The van der Waals surface area contributed by atoms with E-state index in [9.17, 15) is 4.79 Å². The van der Waals surface area contributed by atoms with Gasteiger partial charge >= 0.3 is 0 Å². The second kappa shape index (κ2) is 5.15. The summed E-state index contributed by atoms with van der Waals surface area (Å²) >= 11 is 0. The van der Waals surface area contributed by atoms with Crippen molar-refractivity contribution in [2.24, 2.45) is 7.05 Å². The molecule has 4 heterocycles. The van der Waals surface area contributed by atoms with Gasteiger partial charge in [0.2, 0.25) is 5.65 Å². The van der Waals surface area contributed by atoms with Gasteiger partial charge in [0.1, 0.15) is 5.69 Å². The van der Waals surface area contributed by atoms with Gasteiger partial charge in [-0.15, -0.1) is 5.10 Å². The molecule has 1 N–H and O–H groups in total. The fourth-order valence-corrected chi connectivity index (χ4v) is 2.72. The highest BCUT2D eigenvalue weighted by Crippen LogP contribution is 2.21. The molecule has 0 unspecified atom stereocenters. The molecule has 0 aliphatic heterocycles. The van der Waals surface area contributed by atoms with Gasteiger partial charge in [0.25, 0.3) is 5.56 Å². The van der Waals surface area contributed by atoms with E-state index >= 15 is 0 Å². The lowest BCUT2D eigenvalue weighted by Crippen LogP contribution is -2.28. The zero-order chi connectivity index (χ0) is 16.8. The Morgan fingerprint density at radius 1 is 1.21 bits per heavy atom. The number of rotatable bonds is 3. The van der Waals surface area contributed by atoms with E-state index in [2.05, 4.69) is 25.4 Å². The zero-order valence-electron chi connectivity index (χ0n) is 13.5. The van der Waals surface area contributed by atoms with Crippen LogP contribution >= 0.6 is 0 Å². The summed E-state index contributed by atoms with van der Waals surface area (Å²) in [6.07, 6.45) is 6.85. The first-order valence-corrected chi connectivity index (χ1v) is 7.55. The third-order valence-electron chi connectivity index (χ3n) is 3.82. The second-order valence-corrected chi connectivity index (χ2v) is 5.83. The van der Waals surface area contributed by atoms with Crippen molar-refractivity contribution in [1.29, 1.82) is 0 Å². The van der Waals surface area contributed by atoms with Crippen molar-refractivity contribution < 1.29 is 0 Å². The molecule has 4 aromatic heterocycles. The van der Waals surface area contributed by atoms with Gasteiger partial charge in [0.15, 0.2) is 5.82 Å². The average molecular weight is 324 g/mol. The molecule has 0 radical (unpaired) electrons. The van der Waals surface area contributed by atoms with E-state index < -0.39 is 0 Å². The normalized spacial score (nSPS) is 11.7. The minimum atomic E-state index is -0.199. The van der Waals surface area contributed by atoms with Crippen LogP contribution in [-0.2, 0) is 7.05 Å². The molecular weight excluding hydrogens is 308 g/mol. The molecule has 24 heavy (non-hydrogen) atoms. The lowest BCUT2D eigenvalue weighted by atomic mass is 10.3. The highest BCUT2D eigenvalue weighted by molar-refractivity contribution is 5.62. The molecule has 0 saturated heterocycles.